The molecule has 3 aromatic rings. The van der Waals surface area contributed by atoms with Gasteiger partial charge in [0.2, 0.25) is 0 Å². The fourth-order valence-electron chi connectivity index (χ4n) is 2.83. The molecule has 0 unspecified atom stereocenters. The molecule has 8 heteroatoms. The van der Waals surface area contributed by atoms with Crippen molar-refractivity contribution in [3.05, 3.63) is 59.1 Å². The van der Waals surface area contributed by atoms with Gasteiger partial charge in [0.05, 0.1) is 5.02 Å². The Hall–Kier alpha value is -2.77. The number of hydrogen-bond acceptors (Lipinski definition) is 5. The molecule has 3 N–H and O–H groups in total. The first-order valence-corrected chi connectivity index (χ1v) is 9.02. The van der Waals surface area contributed by atoms with E-state index in [1.165, 1.54) is 30.3 Å². The monoisotopic (exact) mass is 374 g/mol. The van der Waals surface area contributed by atoms with Gasteiger partial charge < -0.3 is 15.2 Å². The molecule has 1 aliphatic rings. The lowest BCUT2D eigenvalue weighted by Gasteiger charge is -2.11. The highest BCUT2D eigenvalue weighted by atomic mass is 35.5. The van der Waals surface area contributed by atoms with Crippen molar-refractivity contribution in [3.8, 4) is 5.75 Å². The van der Waals surface area contributed by atoms with Crippen molar-refractivity contribution in [1.82, 2.24) is 0 Å². The maximum absolute atomic E-state index is 12.8. The molecule has 1 aliphatic heterocycles. The van der Waals surface area contributed by atoms with E-state index in [1.54, 1.807) is 18.2 Å². The number of carbonyl (C=O) groups is 1. The van der Waals surface area contributed by atoms with Gasteiger partial charge in [-0.2, -0.15) is 8.42 Å². The molecule has 0 saturated heterocycles. The van der Waals surface area contributed by atoms with Gasteiger partial charge in [0, 0.05) is 27.7 Å². The SMILES string of the molecule is Nc1ccc(OS(=O)(=O)c2ccc3c4c(cccc24)C(=O)N3)c(Cl)c1. The van der Waals surface area contributed by atoms with Crippen LogP contribution in [0.15, 0.2) is 53.4 Å². The molecule has 0 aliphatic carbocycles. The molecule has 126 valence electrons. The summed E-state index contributed by atoms with van der Waals surface area (Å²) in [4.78, 5) is 11.9. The number of hydrogen-bond donors (Lipinski definition) is 2. The number of nitrogen functional groups attached to an aromatic ring is 1. The Balaban J connectivity index is 1.87. The summed E-state index contributed by atoms with van der Waals surface area (Å²) in [6.45, 7) is 0. The molecule has 3 aromatic carbocycles. The molecule has 4 rings (SSSR count). The first-order valence-electron chi connectivity index (χ1n) is 7.23. The molecule has 0 radical (unpaired) electrons. The summed E-state index contributed by atoms with van der Waals surface area (Å²) < 4.78 is 30.7. The summed E-state index contributed by atoms with van der Waals surface area (Å²) in [5.74, 6) is -0.286. The molecule has 0 spiro atoms. The van der Waals surface area contributed by atoms with Crippen LogP contribution in [-0.2, 0) is 10.1 Å². The van der Waals surface area contributed by atoms with Crippen LogP contribution >= 0.6 is 11.6 Å². The van der Waals surface area contributed by atoms with Crippen LogP contribution in [0, 0.1) is 0 Å². The van der Waals surface area contributed by atoms with Crippen molar-refractivity contribution in [2.24, 2.45) is 0 Å². The zero-order chi connectivity index (χ0) is 17.8. The van der Waals surface area contributed by atoms with E-state index in [4.69, 9.17) is 21.5 Å². The van der Waals surface area contributed by atoms with E-state index in [0.29, 0.717) is 27.7 Å². The van der Waals surface area contributed by atoms with Crippen LogP contribution < -0.4 is 15.2 Å². The molecule has 0 aromatic heterocycles. The van der Waals surface area contributed by atoms with Crippen LogP contribution in [0.4, 0.5) is 11.4 Å². The van der Waals surface area contributed by atoms with E-state index in [0.717, 1.165) is 0 Å². The van der Waals surface area contributed by atoms with Crippen LogP contribution in [0.1, 0.15) is 10.4 Å². The smallest absolute Gasteiger partial charge is 0.339 e. The average Bonchev–Trinajstić information content (AvgIpc) is 2.88. The number of rotatable bonds is 3. The highest BCUT2D eigenvalue weighted by molar-refractivity contribution is 7.87. The van der Waals surface area contributed by atoms with Gasteiger partial charge in [-0.1, -0.05) is 23.7 Å². The highest BCUT2D eigenvalue weighted by Crippen LogP contribution is 2.38. The Bertz CT molecular complexity index is 1160. The zero-order valence-corrected chi connectivity index (χ0v) is 14.2. The van der Waals surface area contributed by atoms with Gasteiger partial charge in [-0.25, -0.2) is 0 Å². The predicted molar refractivity (Wildman–Crippen MR) is 95.6 cm³/mol. The first-order chi connectivity index (χ1) is 11.9. The first kappa shape index (κ1) is 15.7. The topological polar surface area (TPSA) is 98.5 Å². The van der Waals surface area contributed by atoms with Crippen molar-refractivity contribution < 1.29 is 17.4 Å². The summed E-state index contributed by atoms with van der Waals surface area (Å²) in [6, 6.07) is 12.1. The third-order valence-corrected chi connectivity index (χ3v) is 5.51. The second kappa shape index (κ2) is 5.37. The number of nitrogens with two attached hydrogens (primary N) is 1. The molecule has 0 bridgehead atoms. The fourth-order valence-corrected chi connectivity index (χ4v) is 4.25. The van der Waals surface area contributed by atoms with Crippen molar-refractivity contribution in [1.29, 1.82) is 0 Å². The van der Waals surface area contributed by atoms with Crippen molar-refractivity contribution >= 4 is 49.8 Å². The molecule has 0 atom stereocenters. The highest BCUT2D eigenvalue weighted by Gasteiger charge is 2.27. The Morgan fingerprint density at radius 1 is 1.08 bits per heavy atom. The van der Waals surface area contributed by atoms with E-state index in [9.17, 15) is 13.2 Å². The summed E-state index contributed by atoms with van der Waals surface area (Å²) >= 11 is 6.00. The number of carbonyl (C=O) groups excluding carboxylic acids is 1. The summed E-state index contributed by atoms with van der Waals surface area (Å²) in [5.41, 5.74) is 6.99. The Kier molecular flexibility index (Phi) is 3.38. The van der Waals surface area contributed by atoms with Gasteiger partial charge in [-0.15, -0.1) is 0 Å². The standard InChI is InChI=1S/C17H11ClN2O4S/c18-12-8-9(19)4-6-14(12)24-25(22,23)15-7-5-13-16-10(15)2-1-3-11(16)17(21)20-13/h1-8H,19H2,(H,20,21). The quantitative estimate of drug-likeness (QED) is 0.540. The van der Waals surface area contributed by atoms with Crippen LogP contribution in [0.3, 0.4) is 0 Å². The van der Waals surface area contributed by atoms with Crippen molar-refractivity contribution in [3.63, 3.8) is 0 Å². The molecule has 6 nitrogen and oxygen atoms in total. The number of halogens is 1. The van der Waals surface area contributed by atoms with Gasteiger partial charge in [0.1, 0.15) is 4.90 Å². The molecule has 0 saturated carbocycles. The lowest BCUT2D eigenvalue weighted by atomic mass is 10.1. The van der Waals surface area contributed by atoms with E-state index in [2.05, 4.69) is 5.32 Å². The number of nitrogens with one attached hydrogen (secondary N) is 1. The van der Waals surface area contributed by atoms with Gasteiger partial charge >= 0.3 is 10.1 Å². The number of amides is 1. The second-order valence-corrected chi connectivity index (χ2v) is 7.44. The third-order valence-electron chi connectivity index (χ3n) is 3.92. The van der Waals surface area contributed by atoms with Gasteiger partial charge in [0.15, 0.2) is 5.75 Å². The second-order valence-electron chi connectivity index (χ2n) is 5.52. The van der Waals surface area contributed by atoms with E-state index in [-0.39, 0.29) is 21.6 Å². The summed E-state index contributed by atoms with van der Waals surface area (Å²) in [5, 5.41) is 3.75. The summed E-state index contributed by atoms with van der Waals surface area (Å²) in [7, 11) is -4.16. The molecule has 0 fully saturated rings. The average molecular weight is 375 g/mol. The minimum absolute atomic E-state index is 0.0201. The molecular weight excluding hydrogens is 364 g/mol. The molecule has 25 heavy (non-hydrogen) atoms. The van der Waals surface area contributed by atoms with Crippen LogP contribution in [0.2, 0.25) is 5.02 Å². The van der Waals surface area contributed by atoms with Gasteiger partial charge in [-0.05, 0) is 36.4 Å². The number of anilines is 2. The Labute approximate surface area is 148 Å². The van der Waals surface area contributed by atoms with E-state index >= 15 is 0 Å². The number of benzene rings is 3. The van der Waals surface area contributed by atoms with Crippen molar-refractivity contribution in [2.45, 2.75) is 4.90 Å². The Morgan fingerprint density at radius 2 is 1.88 bits per heavy atom. The lowest BCUT2D eigenvalue weighted by molar-refractivity contribution is 0.103. The normalized spacial score (nSPS) is 13.1. The molecular formula is C17H11ClN2O4S. The van der Waals surface area contributed by atoms with Gasteiger partial charge in [0.25, 0.3) is 5.91 Å². The minimum Gasteiger partial charge on any atom is -0.399 e. The Morgan fingerprint density at radius 3 is 2.64 bits per heavy atom. The van der Waals surface area contributed by atoms with Crippen LogP contribution in [0.5, 0.6) is 5.75 Å². The maximum Gasteiger partial charge on any atom is 0.339 e. The molecule has 1 amide bonds. The van der Waals surface area contributed by atoms with Crippen molar-refractivity contribution in [2.75, 3.05) is 11.1 Å². The molecule has 1 heterocycles. The zero-order valence-electron chi connectivity index (χ0n) is 12.6. The lowest BCUT2D eigenvalue weighted by Crippen LogP contribution is -2.10. The fraction of sp³-hybridized carbons (Fsp3) is 0. The minimum atomic E-state index is -4.16. The largest absolute Gasteiger partial charge is 0.399 e. The predicted octanol–water partition coefficient (Wildman–Crippen LogP) is 3.41. The van der Waals surface area contributed by atoms with E-state index < -0.39 is 10.1 Å². The third kappa shape index (κ3) is 2.48. The maximum atomic E-state index is 12.8. The summed E-state index contributed by atoms with van der Waals surface area (Å²) in [6.07, 6.45) is 0. The van der Waals surface area contributed by atoms with Crippen LogP contribution in [0.25, 0.3) is 10.8 Å². The van der Waals surface area contributed by atoms with Crippen LogP contribution in [-0.4, -0.2) is 14.3 Å². The van der Waals surface area contributed by atoms with E-state index in [1.807, 2.05) is 0 Å². The van der Waals surface area contributed by atoms with Gasteiger partial charge in [-0.3, -0.25) is 4.79 Å².